The summed E-state index contributed by atoms with van der Waals surface area (Å²) < 4.78 is 41.9. The van der Waals surface area contributed by atoms with Gasteiger partial charge in [-0.1, -0.05) is 0 Å². The van der Waals surface area contributed by atoms with Crippen LogP contribution in [-0.2, 0) is 20.7 Å². The van der Waals surface area contributed by atoms with Crippen LogP contribution in [0.4, 0.5) is 8.78 Å². The molecule has 1 N–H and O–H groups in total. The number of nitrogens with one attached hydrogen (secondary N) is 1. The Balaban J connectivity index is 1.68. The highest BCUT2D eigenvalue weighted by atomic mass is 19.1. The number of halogens is 2. The lowest BCUT2D eigenvalue weighted by molar-refractivity contribution is -0.156. The Bertz CT molecular complexity index is 1150. The van der Waals surface area contributed by atoms with Crippen molar-refractivity contribution in [3.63, 3.8) is 0 Å². The van der Waals surface area contributed by atoms with Crippen molar-refractivity contribution in [2.45, 2.75) is 57.4 Å². The summed E-state index contributed by atoms with van der Waals surface area (Å²) in [5.74, 6) is -0.962. The summed E-state index contributed by atoms with van der Waals surface area (Å²) in [6, 6.07) is 11.6. The van der Waals surface area contributed by atoms with Crippen LogP contribution in [0.2, 0.25) is 0 Å². The van der Waals surface area contributed by atoms with E-state index < -0.39 is 6.23 Å². The molecule has 5 rings (SSSR count). The topological polar surface area (TPSA) is 52.5 Å². The van der Waals surface area contributed by atoms with Gasteiger partial charge in [-0.2, -0.15) is 0 Å². The number of ether oxygens (including phenoxy) is 2. The molecule has 0 amide bonds. The number of benzene rings is 2. The van der Waals surface area contributed by atoms with Crippen molar-refractivity contribution >= 4 is 16.9 Å². The fraction of sp³-hybridized carbons (Fsp3) is 0.423. The molecule has 0 saturated carbocycles. The van der Waals surface area contributed by atoms with Crippen molar-refractivity contribution in [2.24, 2.45) is 0 Å². The van der Waals surface area contributed by atoms with Gasteiger partial charge in [-0.15, -0.1) is 0 Å². The van der Waals surface area contributed by atoms with Crippen LogP contribution in [0.3, 0.4) is 0 Å². The standard InChI is InChI=1S/C26H28F2N2O3/c1-16(31)33-21-10-12-32-25(15-21)30-24-13-19(28)8-9-22(24)23(14-20-3-2-11-29-20)26(30)17-4-6-18(27)7-5-17/h4-9,13,20-21,25,29H,2-3,10-12,14-15H2,1H3. The van der Waals surface area contributed by atoms with Crippen LogP contribution in [0.5, 0.6) is 0 Å². The Morgan fingerprint density at radius 1 is 1.15 bits per heavy atom. The Kier molecular flexibility index (Phi) is 6.17. The van der Waals surface area contributed by atoms with E-state index in [0.29, 0.717) is 25.5 Å². The first-order chi connectivity index (χ1) is 16.0. The van der Waals surface area contributed by atoms with E-state index >= 15 is 0 Å². The minimum Gasteiger partial charge on any atom is -0.462 e. The van der Waals surface area contributed by atoms with Crippen molar-refractivity contribution in [3.8, 4) is 11.3 Å². The summed E-state index contributed by atoms with van der Waals surface area (Å²) in [6.45, 7) is 2.82. The van der Waals surface area contributed by atoms with Crippen LogP contribution in [0, 0.1) is 11.6 Å². The molecule has 0 spiro atoms. The molecule has 0 aliphatic carbocycles. The van der Waals surface area contributed by atoms with Crippen LogP contribution in [0.1, 0.15) is 44.4 Å². The number of hydrogen-bond acceptors (Lipinski definition) is 4. The average Bonchev–Trinajstić information content (AvgIpc) is 3.40. The van der Waals surface area contributed by atoms with Gasteiger partial charge in [0.15, 0.2) is 0 Å². The number of rotatable bonds is 5. The maximum absolute atomic E-state index is 14.4. The predicted octanol–water partition coefficient (Wildman–Crippen LogP) is 5.12. The molecule has 2 aliphatic rings. The van der Waals surface area contributed by atoms with Gasteiger partial charge >= 0.3 is 5.97 Å². The SMILES string of the molecule is CC(=O)OC1CCOC(n2c(-c3ccc(F)cc3)c(CC3CCCN3)c3ccc(F)cc32)C1. The van der Waals surface area contributed by atoms with Gasteiger partial charge < -0.3 is 19.4 Å². The fourth-order valence-corrected chi connectivity index (χ4v) is 5.22. The van der Waals surface area contributed by atoms with Gasteiger partial charge in [0.2, 0.25) is 0 Å². The zero-order valence-corrected chi connectivity index (χ0v) is 18.7. The number of aromatic nitrogens is 1. The van der Waals surface area contributed by atoms with E-state index in [1.54, 1.807) is 12.1 Å². The molecule has 3 heterocycles. The molecular weight excluding hydrogens is 426 g/mol. The number of fused-ring (bicyclic) bond motifs is 1. The van der Waals surface area contributed by atoms with Crippen molar-refractivity contribution in [1.82, 2.24) is 9.88 Å². The van der Waals surface area contributed by atoms with Gasteiger partial charge in [0.1, 0.15) is 24.0 Å². The van der Waals surface area contributed by atoms with E-state index in [0.717, 1.165) is 53.5 Å². The van der Waals surface area contributed by atoms with Gasteiger partial charge in [-0.25, -0.2) is 8.78 Å². The lowest BCUT2D eigenvalue weighted by atomic mass is 9.98. The lowest BCUT2D eigenvalue weighted by Crippen LogP contribution is -2.30. The second kappa shape index (κ2) is 9.23. The maximum atomic E-state index is 14.4. The van der Waals surface area contributed by atoms with E-state index in [1.165, 1.54) is 31.2 Å². The fourth-order valence-electron chi connectivity index (χ4n) is 5.22. The first-order valence-corrected chi connectivity index (χ1v) is 11.6. The van der Waals surface area contributed by atoms with Crippen molar-refractivity contribution in [2.75, 3.05) is 13.2 Å². The Morgan fingerprint density at radius 3 is 2.67 bits per heavy atom. The van der Waals surface area contributed by atoms with Gasteiger partial charge in [-0.05, 0) is 79.4 Å². The number of esters is 1. The highest BCUT2D eigenvalue weighted by molar-refractivity contribution is 5.92. The van der Waals surface area contributed by atoms with Gasteiger partial charge in [0.05, 0.1) is 17.8 Å². The highest BCUT2D eigenvalue weighted by Crippen LogP contribution is 2.41. The highest BCUT2D eigenvalue weighted by Gasteiger charge is 2.31. The number of carbonyl (C=O) groups excluding carboxylic acids is 1. The summed E-state index contributed by atoms with van der Waals surface area (Å²) in [7, 11) is 0. The lowest BCUT2D eigenvalue weighted by Gasteiger charge is -2.32. The molecule has 5 nitrogen and oxygen atoms in total. The number of nitrogens with zero attached hydrogens (tertiary/aromatic N) is 1. The molecule has 2 fully saturated rings. The largest absolute Gasteiger partial charge is 0.462 e. The minimum absolute atomic E-state index is 0.270. The summed E-state index contributed by atoms with van der Waals surface area (Å²) in [6.07, 6.45) is 3.36. The third-order valence-electron chi connectivity index (χ3n) is 6.64. The summed E-state index contributed by atoms with van der Waals surface area (Å²) in [4.78, 5) is 11.6. The monoisotopic (exact) mass is 454 g/mol. The minimum atomic E-state index is -0.433. The molecule has 174 valence electrons. The van der Waals surface area contributed by atoms with E-state index in [2.05, 4.69) is 5.32 Å². The zero-order chi connectivity index (χ0) is 22.9. The van der Waals surface area contributed by atoms with Gasteiger partial charge in [-0.3, -0.25) is 4.79 Å². The Hall–Kier alpha value is -2.77. The van der Waals surface area contributed by atoms with Crippen molar-refractivity contribution in [1.29, 1.82) is 0 Å². The van der Waals surface area contributed by atoms with E-state index in [4.69, 9.17) is 9.47 Å². The van der Waals surface area contributed by atoms with Crippen LogP contribution >= 0.6 is 0 Å². The second-order valence-electron chi connectivity index (χ2n) is 8.94. The van der Waals surface area contributed by atoms with Gasteiger partial charge in [0.25, 0.3) is 0 Å². The number of hydrogen-bond donors (Lipinski definition) is 1. The van der Waals surface area contributed by atoms with E-state index in [1.807, 2.05) is 10.6 Å². The number of carbonyl (C=O) groups is 1. The molecule has 3 atom stereocenters. The first-order valence-electron chi connectivity index (χ1n) is 11.6. The molecule has 7 heteroatoms. The first kappa shape index (κ1) is 22.0. The van der Waals surface area contributed by atoms with Crippen LogP contribution < -0.4 is 5.32 Å². The van der Waals surface area contributed by atoms with Gasteiger partial charge in [0, 0.05) is 31.2 Å². The molecule has 0 bridgehead atoms. The molecule has 3 aromatic rings. The van der Waals surface area contributed by atoms with Crippen LogP contribution in [-0.4, -0.2) is 35.8 Å². The molecule has 1 aromatic heterocycles. The van der Waals surface area contributed by atoms with Crippen molar-refractivity contribution in [3.05, 3.63) is 59.7 Å². The molecule has 33 heavy (non-hydrogen) atoms. The summed E-state index contributed by atoms with van der Waals surface area (Å²) in [5, 5.41) is 4.52. The molecule has 3 unspecified atom stereocenters. The third kappa shape index (κ3) is 4.52. The van der Waals surface area contributed by atoms with Crippen LogP contribution in [0.25, 0.3) is 22.2 Å². The third-order valence-corrected chi connectivity index (χ3v) is 6.64. The molecular formula is C26H28F2N2O3. The predicted molar refractivity (Wildman–Crippen MR) is 122 cm³/mol. The zero-order valence-electron chi connectivity index (χ0n) is 18.7. The maximum Gasteiger partial charge on any atom is 0.302 e. The molecule has 2 aromatic carbocycles. The Morgan fingerprint density at radius 2 is 1.94 bits per heavy atom. The average molecular weight is 455 g/mol. The Labute approximate surface area is 191 Å². The molecule has 0 radical (unpaired) electrons. The van der Waals surface area contributed by atoms with Crippen LogP contribution in [0.15, 0.2) is 42.5 Å². The van der Waals surface area contributed by atoms with Crippen molar-refractivity contribution < 1.29 is 23.0 Å². The second-order valence-corrected chi connectivity index (χ2v) is 8.94. The quantitative estimate of drug-likeness (QED) is 0.544. The molecule has 2 saturated heterocycles. The normalized spacial score (nSPS) is 23.2. The molecule has 2 aliphatic heterocycles. The van der Waals surface area contributed by atoms with E-state index in [9.17, 15) is 13.6 Å². The summed E-state index contributed by atoms with van der Waals surface area (Å²) >= 11 is 0. The summed E-state index contributed by atoms with van der Waals surface area (Å²) in [5.41, 5.74) is 3.57. The van der Waals surface area contributed by atoms with E-state index in [-0.39, 0.29) is 23.7 Å². The smallest absolute Gasteiger partial charge is 0.302 e.